The quantitative estimate of drug-likeness (QED) is 0.534. The molecule has 0 rings (SSSR count). The van der Waals surface area contributed by atoms with Gasteiger partial charge >= 0.3 is 0 Å². The lowest BCUT2D eigenvalue weighted by Gasteiger charge is -1.86. The first-order valence-corrected chi connectivity index (χ1v) is 3.27. The second-order valence-electron chi connectivity index (χ2n) is 2.16. The van der Waals surface area contributed by atoms with Gasteiger partial charge in [0, 0.05) is 0 Å². The van der Waals surface area contributed by atoms with E-state index in [1.54, 1.807) is 0 Å². The fourth-order valence-corrected chi connectivity index (χ4v) is 0.564. The van der Waals surface area contributed by atoms with Crippen molar-refractivity contribution in [1.29, 1.82) is 0 Å². The van der Waals surface area contributed by atoms with Crippen LogP contribution in [0, 0.1) is 0 Å². The van der Waals surface area contributed by atoms with E-state index in [-0.39, 0.29) is 11.7 Å². The van der Waals surface area contributed by atoms with Gasteiger partial charge in [0.15, 0.2) is 0 Å². The van der Waals surface area contributed by atoms with Crippen molar-refractivity contribution in [3.63, 3.8) is 0 Å². The molecule has 0 N–H and O–H groups in total. The molecular weight excluding hydrogens is 134 g/mol. The lowest BCUT2D eigenvalue weighted by atomic mass is 10.2. The molecule has 0 nitrogen and oxygen atoms in total. The second kappa shape index (κ2) is 5.15. The fourth-order valence-electron chi connectivity index (χ4n) is 0.564. The minimum absolute atomic E-state index is 0.204. The smallest absolute Gasteiger partial charge is 0.0929 e. The Hall–Kier alpha value is -0.660. The SMILES string of the molecule is C/C(F)=C\CC/C=C(\C)F. The average molecular weight is 146 g/mol. The van der Waals surface area contributed by atoms with E-state index < -0.39 is 0 Å². The van der Waals surface area contributed by atoms with Gasteiger partial charge < -0.3 is 0 Å². The number of allylic oxidation sites excluding steroid dienone is 4. The van der Waals surface area contributed by atoms with E-state index in [0.29, 0.717) is 12.8 Å². The summed E-state index contributed by atoms with van der Waals surface area (Å²) in [5, 5.41) is 0. The molecule has 0 amide bonds. The lowest BCUT2D eigenvalue weighted by molar-refractivity contribution is 0.625. The summed E-state index contributed by atoms with van der Waals surface area (Å²) in [5.74, 6) is -0.408. The van der Waals surface area contributed by atoms with Crippen LogP contribution in [-0.2, 0) is 0 Å². The van der Waals surface area contributed by atoms with Gasteiger partial charge in [-0.2, -0.15) is 0 Å². The first kappa shape index (κ1) is 9.34. The van der Waals surface area contributed by atoms with E-state index in [2.05, 4.69) is 0 Å². The first-order valence-electron chi connectivity index (χ1n) is 3.27. The van der Waals surface area contributed by atoms with Gasteiger partial charge in [-0.15, -0.1) is 0 Å². The summed E-state index contributed by atoms with van der Waals surface area (Å²) in [6.07, 6.45) is 4.03. The van der Waals surface area contributed by atoms with Gasteiger partial charge in [0.2, 0.25) is 0 Å². The summed E-state index contributed by atoms with van der Waals surface area (Å²) < 4.78 is 23.9. The van der Waals surface area contributed by atoms with Crippen molar-refractivity contribution in [3.05, 3.63) is 23.8 Å². The minimum Gasteiger partial charge on any atom is -0.212 e. The molecule has 0 radical (unpaired) electrons. The Kier molecular flexibility index (Phi) is 4.81. The van der Waals surface area contributed by atoms with Gasteiger partial charge in [-0.05, 0) is 26.7 Å². The zero-order valence-corrected chi connectivity index (χ0v) is 6.32. The molecule has 0 aliphatic carbocycles. The third kappa shape index (κ3) is 7.34. The highest BCUT2D eigenvalue weighted by Gasteiger charge is 1.83. The van der Waals surface area contributed by atoms with Crippen LogP contribution in [0.1, 0.15) is 26.7 Å². The molecule has 0 aromatic rings. The van der Waals surface area contributed by atoms with Crippen molar-refractivity contribution in [1.82, 2.24) is 0 Å². The number of rotatable bonds is 3. The number of unbranched alkanes of at least 4 members (excludes halogenated alkanes) is 1. The van der Waals surface area contributed by atoms with Crippen LogP contribution in [0.2, 0.25) is 0 Å². The van der Waals surface area contributed by atoms with Crippen molar-refractivity contribution < 1.29 is 8.78 Å². The Morgan fingerprint density at radius 2 is 1.30 bits per heavy atom. The van der Waals surface area contributed by atoms with E-state index in [0.717, 1.165) is 0 Å². The second-order valence-corrected chi connectivity index (χ2v) is 2.16. The largest absolute Gasteiger partial charge is 0.212 e. The predicted octanol–water partition coefficient (Wildman–Crippen LogP) is 3.51. The molecule has 0 aliphatic heterocycles. The molecule has 0 saturated carbocycles. The highest BCUT2D eigenvalue weighted by Crippen LogP contribution is 2.02. The van der Waals surface area contributed by atoms with Gasteiger partial charge in [0.1, 0.15) is 0 Å². The van der Waals surface area contributed by atoms with Crippen LogP contribution >= 0.6 is 0 Å². The molecule has 0 bridgehead atoms. The number of halogens is 2. The average Bonchev–Trinajstić information content (AvgIpc) is 1.79. The predicted molar refractivity (Wildman–Crippen MR) is 39.0 cm³/mol. The maximum absolute atomic E-state index is 12.0. The molecule has 0 unspecified atom stereocenters. The van der Waals surface area contributed by atoms with Gasteiger partial charge in [-0.1, -0.05) is 12.2 Å². The highest BCUT2D eigenvalue weighted by molar-refractivity contribution is 4.92. The van der Waals surface area contributed by atoms with E-state index in [1.165, 1.54) is 26.0 Å². The maximum Gasteiger partial charge on any atom is 0.0929 e. The Bertz CT molecular complexity index is 119. The van der Waals surface area contributed by atoms with Crippen LogP contribution in [0.3, 0.4) is 0 Å². The Morgan fingerprint density at radius 1 is 1.00 bits per heavy atom. The van der Waals surface area contributed by atoms with E-state index >= 15 is 0 Å². The van der Waals surface area contributed by atoms with Crippen LogP contribution in [-0.4, -0.2) is 0 Å². The molecule has 0 spiro atoms. The molecular formula is C8H12F2. The monoisotopic (exact) mass is 146 g/mol. The maximum atomic E-state index is 12.0. The van der Waals surface area contributed by atoms with Crippen molar-refractivity contribution >= 4 is 0 Å². The van der Waals surface area contributed by atoms with Gasteiger partial charge in [0.05, 0.1) is 11.7 Å². The molecule has 0 aliphatic rings. The van der Waals surface area contributed by atoms with Crippen LogP contribution < -0.4 is 0 Å². The van der Waals surface area contributed by atoms with Crippen LogP contribution in [0.4, 0.5) is 8.78 Å². The Labute approximate surface area is 60.2 Å². The summed E-state index contributed by atoms with van der Waals surface area (Å²) in [4.78, 5) is 0. The molecule has 58 valence electrons. The third-order valence-electron chi connectivity index (χ3n) is 1.02. The van der Waals surface area contributed by atoms with Crippen LogP contribution in [0.5, 0.6) is 0 Å². The molecule has 0 aromatic carbocycles. The van der Waals surface area contributed by atoms with Crippen LogP contribution in [0.15, 0.2) is 23.8 Å². The summed E-state index contributed by atoms with van der Waals surface area (Å²) in [6, 6.07) is 0. The van der Waals surface area contributed by atoms with Gasteiger partial charge in [-0.25, -0.2) is 8.78 Å². The fraction of sp³-hybridized carbons (Fsp3) is 0.500. The van der Waals surface area contributed by atoms with Crippen molar-refractivity contribution in [2.45, 2.75) is 26.7 Å². The molecule has 0 heterocycles. The Balaban J connectivity index is 3.39. The lowest BCUT2D eigenvalue weighted by Crippen LogP contribution is -1.68. The third-order valence-corrected chi connectivity index (χ3v) is 1.02. The summed E-state index contributed by atoms with van der Waals surface area (Å²) in [5.41, 5.74) is 0. The molecule has 2 heteroatoms. The highest BCUT2D eigenvalue weighted by atomic mass is 19.1. The van der Waals surface area contributed by atoms with Crippen molar-refractivity contribution in [2.24, 2.45) is 0 Å². The topological polar surface area (TPSA) is 0 Å². The molecule has 10 heavy (non-hydrogen) atoms. The zero-order chi connectivity index (χ0) is 7.98. The molecule has 0 fully saturated rings. The van der Waals surface area contributed by atoms with Gasteiger partial charge in [-0.3, -0.25) is 0 Å². The molecule has 0 aromatic heterocycles. The first-order chi connectivity index (χ1) is 4.63. The Morgan fingerprint density at radius 3 is 1.50 bits per heavy atom. The van der Waals surface area contributed by atoms with E-state index in [9.17, 15) is 8.78 Å². The van der Waals surface area contributed by atoms with Gasteiger partial charge in [0.25, 0.3) is 0 Å². The normalized spacial score (nSPS) is 14.0. The van der Waals surface area contributed by atoms with Crippen molar-refractivity contribution in [2.75, 3.05) is 0 Å². The number of hydrogen-bond acceptors (Lipinski definition) is 0. The summed E-state index contributed by atoms with van der Waals surface area (Å²) in [7, 11) is 0. The summed E-state index contributed by atoms with van der Waals surface area (Å²) in [6.45, 7) is 2.76. The number of hydrogen-bond donors (Lipinski definition) is 0. The molecule has 0 saturated heterocycles. The van der Waals surface area contributed by atoms with E-state index in [1.807, 2.05) is 0 Å². The summed E-state index contributed by atoms with van der Waals surface area (Å²) >= 11 is 0. The molecule has 0 atom stereocenters. The minimum atomic E-state index is -0.204. The van der Waals surface area contributed by atoms with E-state index in [4.69, 9.17) is 0 Å². The van der Waals surface area contributed by atoms with Crippen LogP contribution in [0.25, 0.3) is 0 Å². The zero-order valence-electron chi connectivity index (χ0n) is 6.32. The standard InChI is InChI=1S/C8H12F2/c1-7(9)5-3-4-6-8(2)10/h5-6H,3-4H2,1-2H3/b7-5+,8-6+. The van der Waals surface area contributed by atoms with Crippen molar-refractivity contribution in [3.8, 4) is 0 Å².